The first-order valence-corrected chi connectivity index (χ1v) is 15.9. The highest BCUT2D eigenvalue weighted by molar-refractivity contribution is 8.36. The lowest BCUT2D eigenvalue weighted by Gasteiger charge is -2.42. The zero-order valence-electron chi connectivity index (χ0n) is 16.9. The minimum atomic E-state index is -1.15. The molecule has 0 N–H and O–H groups in total. The fourth-order valence-corrected chi connectivity index (χ4v) is 20.1. The highest BCUT2D eigenvalue weighted by Crippen LogP contribution is 2.84. The molecule has 1 heterocycles. The van der Waals surface area contributed by atoms with Gasteiger partial charge in [-0.1, -0.05) is 75.8 Å². The molecule has 3 aliphatic rings. The van der Waals surface area contributed by atoms with E-state index < -0.39 is 7.26 Å². The predicted molar refractivity (Wildman–Crippen MR) is 134 cm³/mol. The molecule has 3 rings (SSSR count). The van der Waals surface area contributed by atoms with Gasteiger partial charge < -0.3 is 0 Å². The highest BCUT2D eigenvalue weighted by atomic mass is 32.2. The SMILES string of the molecule is CCCC[P+](CCCC)(CCCC)C1(C(=S)S)SC2C3CCC(C3)C2S1. The van der Waals surface area contributed by atoms with E-state index in [9.17, 15) is 0 Å². The lowest BCUT2D eigenvalue weighted by molar-refractivity contribution is 0.508. The summed E-state index contributed by atoms with van der Waals surface area (Å²) in [7, 11) is -1.15. The third-order valence-electron chi connectivity index (χ3n) is 7.07. The van der Waals surface area contributed by atoms with Crippen LogP contribution < -0.4 is 0 Å². The largest absolute Gasteiger partial charge is 0.210 e. The van der Waals surface area contributed by atoms with Crippen LogP contribution in [0.3, 0.4) is 0 Å². The molecule has 26 heavy (non-hydrogen) atoms. The molecule has 2 aliphatic carbocycles. The minimum Gasteiger partial charge on any atom is -0.130 e. The number of thiol groups is 1. The van der Waals surface area contributed by atoms with Gasteiger partial charge in [0.2, 0.25) is 3.82 Å². The second kappa shape index (κ2) is 9.59. The Balaban J connectivity index is 1.95. The van der Waals surface area contributed by atoms with Gasteiger partial charge in [0.1, 0.15) is 4.20 Å². The molecule has 2 bridgehead atoms. The van der Waals surface area contributed by atoms with Crippen molar-refractivity contribution in [2.24, 2.45) is 11.8 Å². The molecule has 4 atom stereocenters. The number of fused-ring (bicyclic) bond motifs is 5. The quantitative estimate of drug-likeness (QED) is 0.193. The fraction of sp³-hybridized carbons (Fsp3) is 0.952. The van der Waals surface area contributed by atoms with Crippen LogP contribution in [0.5, 0.6) is 0 Å². The number of unbranched alkanes of at least 4 members (excludes halogenated alkanes) is 3. The first-order chi connectivity index (χ1) is 12.5. The third kappa shape index (κ3) is 3.94. The molecule has 3 fully saturated rings. The first kappa shape index (κ1) is 22.3. The summed E-state index contributed by atoms with van der Waals surface area (Å²) in [6, 6.07) is 0. The van der Waals surface area contributed by atoms with E-state index in [2.05, 4.69) is 44.3 Å². The smallest absolute Gasteiger partial charge is 0.130 e. The monoisotopic (exact) mass is 449 g/mol. The van der Waals surface area contributed by atoms with Crippen molar-refractivity contribution in [3.05, 3.63) is 0 Å². The number of thiocarbonyl (C=S) groups is 1. The fourth-order valence-electron chi connectivity index (χ4n) is 5.60. The lowest BCUT2D eigenvalue weighted by Crippen LogP contribution is -2.34. The summed E-state index contributed by atoms with van der Waals surface area (Å²) in [5.74, 6) is 1.97. The van der Waals surface area contributed by atoms with Gasteiger partial charge >= 0.3 is 0 Å². The number of hydrogen-bond donors (Lipinski definition) is 1. The molecule has 0 aromatic heterocycles. The van der Waals surface area contributed by atoms with E-state index in [1.165, 1.54) is 76.3 Å². The Labute approximate surface area is 182 Å². The average molecular weight is 450 g/mol. The van der Waals surface area contributed by atoms with Crippen LogP contribution in [0.2, 0.25) is 0 Å². The third-order valence-corrected chi connectivity index (χ3v) is 20.2. The summed E-state index contributed by atoms with van der Waals surface area (Å²) in [6.07, 6.45) is 17.0. The molecule has 0 spiro atoms. The van der Waals surface area contributed by atoms with Crippen molar-refractivity contribution in [1.29, 1.82) is 0 Å². The van der Waals surface area contributed by atoms with Gasteiger partial charge in [-0.3, -0.25) is 0 Å². The van der Waals surface area contributed by atoms with Crippen molar-refractivity contribution in [3.8, 4) is 0 Å². The Morgan fingerprint density at radius 2 is 1.35 bits per heavy atom. The maximum atomic E-state index is 5.99. The van der Waals surface area contributed by atoms with E-state index in [4.69, 9.17) is 24.8 Å². The number of hydrogen-bond acceptors (Lipinski definition) is 3. The average Bonchev–Trinajstić information content (AvgIpc) is 3.33. The Morgan fingerprint density at radius 3 is 1.69 bits per heavy atom. The lowest BCUT2D eigenvalue weighted by atomic mass is 10.00. The van der Waals surface area contributed by atoms with E-state index in [1.54, 1.807) is 0 Å². The molecular weight excluding hydrogens is 411 g/mol. The molecule has 0 amide bonds. The van der Waals surface area contributed by atoms with Crippen molar-refractivity contribution in [2.75, 3.05) is 18.5 Å². The van der Waals surface area contributed by atoms with Crippen LogP contribution in [0, 0.1) is 11.8 Å². The van der Waals surface area contributed by atoms with Crippen LogP contribution in [0.4, 0.5) is 0 Å². The Morgan fingerprint density at radius 1 is 0.923 bits per heavy atom. The summed E-state index contributed by atoms with van der Waals surface area (Å²) in [6.45, 7) is 7.09. The molecule has 5 heteroatoms. The van der Waals surface area contributed by atoms with Crippen molar-refractivity contribution < 1.29 is 0 Å². The van der Waals surface area contributed by atoms with E-state index in [-0.39, 0.29) is 3.82 Å². The van der Waals surface area contributed by atoms with Crippen molar-refractivity contribution >= 4 is 59.8 Å². The Hall–Kier alpha value is 1.57. The maximum absolute atomic E-state index is 5.99. The molecule has 2 saturated carbocycles. The van der Waals surface area contributed by atoms with Gasteiger partial charge in [0.15, 0.2) is 0 Å². The zero-order valence-corrected chi connectivity index (χ0v) is 21.2. The summed E-state index contributed by atoms with van der Waals surface area (Å²) in [4.78, 5) is 0. The molecule has 1 aliphatic heterocycles. The van der Waals surface area contributed by atoms with Crippen molar-refractivity contribution in [3.63, 3.8) is 0 Å². The van der Waals surface area contributed by atoms with Crippen LogP contribution in [-0.4, -0.2) is 37.0 Å². The van der Waals surface area contributed by atoms with Gasteiger partial charge in [-0.05, 0) is 50.4 Å². The molecule has 0 radical (unpaired) electrons. The van der Waals surface area contributed by atoms with Gasteiger partial charge in [0.05, 0.1) is 18.5 Å². The van der Waals surface area contributed by atoms with Crippen molar-refractivity contribution in [2.45, 2.75) is 92.9 Å². The topological polar surface area (TPSA) is 0 Å². The minimum absolute atomic E-state index is 0.196. The van der Waals surface area contributed by atoms with Gasteiger partial charge in [-0.2, -0.15) is 0 Å². The molecule has 0 nitrogen and oxygen atoms in total. The second-order valence-corrected chi connectivity index (χ2v) is 17.9. The number of thioether (sulfide) groups is 2. The zero-order chi connectivity index (χ0) is 18.8. The van der Waals surface area contributed by atoms with Crippen LogP contribution in [-0.2, 0) is 0 Å². The summed E-state index contributed by atoms with van der Waals surface area (Å²) < 4.78 is 1.26. The van der Waals surface area contributed by atoms with Gasteiger partial charge in [0, 0.05) is 17.8 Å². The molecule has 4 unspecified atom stereocenters. The normalized spacial score (nSPS) is 35.8. The summed E-state index contributed by atoms with van der Waals surface area (Å²) in [5, 5.41) is 1.77. The van der Waals surface area contributed by atoms with Crippen LogP contribution in [0.25, 0.3) is 0 Å². The maximum Gasteiger partial charge on any atom is 0.210 e. The van der Waals surface area contributed by atoms with Crippen LogP contribution in [0.15, 0.2) is 0 Å². The Kier molecular flexibility index (Phi) is 8.21. The second-order valence-electron chi connectivity index (χ2n) is 8.76. The van der Waals surface area contributed by atoms with Crippen molar-refractivity contribution in [1.82, 2.24) is 0 Å². The van der Waals surface area contributed by atoms with E-state index in [0.29, 0.717) is 0 Å². The summed E-state index contributed by atoms with van der Waals surface area (Å²) in [5.41, 5.74) is 0. The van der Waals surface area contributed by atoms with Crippen LogP contribution >= 0.6 is 55.6 Å². The highest BCUT2D eigenvalue weighted by Gasteiger charge is 2.69. The van der Waals surface area contributed by atoms with Gasteiger partial charge in [-0.25, -0.2) is 0 Å². The number of rotatable bonds is 11. The molecule has 0 aromatic carbocycles. The molecule has 0 aromatic rings. The summed E-state index contributed by atoms with van der Waals surface area (Å²) >= 11 is 15.7. The van der Waals surface area contributed by atoms with Gasteiger partial charge in [0.25, 0.3) is 0 Å². The van der Waals surface area contributed by atoms with E-state index in [1.807, 2.05) is 0 Å². The van der Waals surface area contributed by atoms with Gasteiger partial charge in [-0.15, -0.1) is 12.6 Å². The molecule has 1 saturated heterocycles. The molecule has 150 valence electrons. The van der Waals surface area contributed by atoms with E-state index in [0.717, 1.165) is 26.5 Å². The predicted octanol–water partition coefficient (Wildman–Crippen LogP) is 7.96. The van der Waals surface area contributed by atoms with E-state index >= 15 is 0 Å². The first-order valence-electron chi connectivity index (χ1n) is 11.0. The Bertz CT molecular complexity index is 455. The molecular formula is C21H38PS4+. The van der Waals surface area contributed by atoms with Crippen LogP contribution in [0.1, 0.15) is 78.6 Å². The standard InChI is InChI=1S/C21H37PS4/c1-4-7-12-22(13-8-5-2,14-9-6-3)21(20(23)24)25-18-16-10-11-17(15-16)19(18)26-21/h16-19H,4-15H2,1-3H3/p+1.